The van der Waals surface area contributed by atoms with E-state index in [1.807, 2.05) is 6.92 Å². The van der Waals surface area contributed by atoms with Gasteiger partial charge >= 0.3 is 0 Å². The van der Waals surface area contributed by atoms with Crippen molar-refractivity contribution in [3.63, 3.8) is 0 Å². The molecule has 6 nitrogen and oxygen atoms in total. The van der Waals surface area contributed by atoms with E-state index in [1.54, 1.807) is 18.3 Å². The Morgan fingerprint density at radius 2 is 2.14 bits per heavy atom. The summed E-state index contributed by atoms with van der Waals surface area (Å²) in [5, 5.41) is 13.6. The first-order valence-corrected chi connectivity index (χ1v) is 6.60. The Morgan fingerprint density at radius 3 is 2.81 bits per heavy atom. The number of halogens is 1. The number of carbonyl (C=O) groups excluding carboxylic acids is 1. The Hall–Kier alpha value is -2.47. The maximum Gasteiger partial charge on any atom is 0.282 e. The number of hydrogen-bond acceptors (Lipinski definition) is 4. The van der Waals surface area contributed by atoms with E-state index in [-0.39, 0.29) is 16.4 Å². The number of carbonyl (C=O) groups is 1. The van der Waals surface area contributed by atoms with Crippen LogP contribution >= 0.6 is 11.6 Å². The third-order valence-corrected chi connectivity index (χ3v) is 3.20. The molecule has 1 heterocycles. The van der Waals surface area contributed by atoms with Gasteiger partial charge in [-0.1, -0.05) is 30.7 Å². The van der Waals surface area contributed by atoms with Gasteiger partial charge in [0.1, 0.15) is 5.56 Å². The van der Waals surface area contributed by atoms with Crippen molar-refractivity contribution < 1.29 is 9.72 Å². The van der Waals surface area contributed by atoms with Gasteiger partial charge in [0, 0.05) is 12.3 Å². The summed E-state index contributed by atoms with van der Waals surface area (Å²) < 4.78 is 0. The van der Waals surface area contributed by atoms with Crippen LogP contribution in [0.4, 0.5) is 11.4 Å². The fraction of sp³-hybridized carbons (Fsp3) is 0.143. The lowest BCUT2D eigenvalue weighted by Gasteiger charge is -2.08. The lowest BCUT2D eigenvalue weighted by molar-refractivity contribution is -0.385. The van der Waals surface area contributed by atoms with Crippen molar-refractivity contribution in [2.75, 3.05) is 5.32 Å². The molecule has 1 aromatic heterocycles. The van der Waals surface area contributed by atoms with Crippen LogP contribution < -0.4 is 5.32 Å². The Morgan fingerprint density at radius 1 is 1.43 bits per heavy atom. The fourth-order valence-corrected chi connectivity index (χ4v) is 1.94. The summed E-state index contributed by atoms with van der Waals surface area (Å²) >= 11 is 5.93. The maximum atomic E-state index is 12.2. The largest absolute Gasteiger partial charge is 0.319 e. The molecule has 0 radical (unpaired) electrons. The summed E-state index contributed by atoms with van der Waals surface area (Å²) in [7, 11) is 0. The minimum atomic E-state index is -0.600. The monoisotopic (exact) mass is 305 g/mol. The summed E-state index contributed by atoms with van der Waals surface area (Å²) in [6, 6.07) is 7.42. The van der Waals surface area contributed by atoms with Crippen molar-refractivity contribution >= 4 is 28.9 Å². The molecule has 0 spiro atoms. The van der Waals surface area contributed by atoms with Gasteiger partial charge in [0.2, 0.25) is 0 Å². The van der Waals surface area contributed by atoms with Gasteiger partial charge in [-0.15, -0.1) is 0 Å². The minimum Gasteiger partial charge on any atom is -0.319 e. The fourth-order valence-electron chi connectivity index (χ4n) is 1.79. The smallest absolute Gasteiger partial charge is 0.282 e. The number of aryl methyl sites for hydroxylation is 1. The van der Waals surface area contributed by atoms with Gasteiger partial charge in [0.15, 0.2) is 5.15 Å². The number of aromatic nitrogens is 1. The molecule has 0 saturated carbocycles. The lowest BCUT2D eigenvalue weighted by atomic mass is 10.1. The second kappa shape index (κ2) is 6.32. The predicted octanol–water partition coefficient (Wildman–Crippen LogP) is 3.46. The molecule has 0 fully saturated rings. The molecule has 21 heavy (non-hydrogen) atoms. The van der Waals surface area contributed by atoms with Crippen LogP contribution in [0.25, 0.3) is 0 Å². The zero-order chi connectivity index (χ0) is 15.4. The summed E-state index contributed by atoms with van der Waals surface area (Å²) in [5.41, 5.74) is 0.947. The molecule has 1 aromatic carbocycles. The van der Waals surface area contributed by atoms with Crippen molar-refractivity contribution in [2.45, 2.75) is 13.3 Å². The molecule has 0 aliphatic rings. The van der Waals surface area contributed by atoms with Crippen LogP contribution in [-0.4, -0.2) is 15.8 Å². The van der Waals surface area contributed by atoms with E-state index in [1.165, 1.54) is 18.2 Å². The molecule has 0 aliphatic carbocycles. The van der Waals surface area contributed by atoms with E-state index in [2.05, 4.69) is 10.3 Å². The van der Waals surface area contributed by atoms with Crippen molar-refractivity contribution in [3.8, 4) is 0 Å². The number of benzene rings is 1. The van der Waals surface area contributed by atoms with Crippen molar-refractivity contribution in [2.24, 2.45) is 0 Å². The number of amides is 1. The first-order valence-electron chi connectivity index (χ1n) is 6.22. The van der Waals surface area contributed by atoms with Crippen molar-refractivity contribution in [3.05, 3.63) is 62.9 Å². The number of para-hydroxylation sites is 1. The van der Waals surface area contributed by atoms with Crippen LogP contribution in [0, 0.1) is 10.1 Å². The number of nitro benzene ring substituents is 1. The molecular weight excluding hydrogens is 294 g/mol. The SMILES string of the molecule is CCc1cnc(Cl)c(NC(=O)c2ccccc2[N+](=O)[O-])c1. The lowest BCUT2D eigenvalue weighted by Crippen LogP contribution is -2.14. The number of anilines is 1. The van der Waals surface area contributed by atoms with Gasteiger partial charge in [-0.2, -0.15) is 0 Å². The zero-order valence-electron chi connectivity index (χ0n) is 11.2. The molecule has 0 bridgehead atoms. The van der Waals surface area contributed by atoms with E-state index in [0.717, 1.165) is 12.0 Å². The van der Waals surface area contributed by atoms with Crippen LogP contribution in [0.1, 0.15) is 22.8 Å². The third kappa shape index (κ3) is 3.35. The Labute approximate surface area is 125 Å². The molecule has 108 valence electrons. The molecule has 0 atom stereocenters. The minimum absolute atomic E-state index is 0.0273. The molecule has 0 unspecified atom stereocenters. The van der Waals surface area contributed by atoms with Gasteiger partial charge in [-0.25, -0.2) is 4.98 Å². The normalized spacial score (nSPS) is 10.2. The Balaban J connectivity index is 2.33. The molecule has 2 rings (SSSR count). The first-order chi connectivity index (χ1) is 10.0. The van der Waals surface area contributed by atoms with E-state index in [4.69, 9.17) is 11.6 Å². The summed E-state index contributed by atoms with van der Waals surface area (Å²) in [6.07, 6.45) is 2.35. The van der Waals surface area contributed by atoms with Gasteiger partial charge < -0.3 is 5.32 Å². The first kappa shape index (κ1) is 14.9. The quantitative estimate of drug-likeness (QED) is 0.532. The topological polar surface area (TPSA) is 85.1 Å². The molecule has 1 amide bonds. The molecule has 7 heteroatoms. The average Bonchev–Trinajstić information content (AvgIpc) is 2.49. The zero-order valence-corrected chi connectivity index (χ0v) is 11.9. The summed E-state index contributed by atoms with van der Waals surface area (Å²) in [5.74, 6) is -0.598. The number of pyridine rings is 1. The van der Waals surface area contributed by atoms with Crippen LogP contribution in [0.5, 0.6) is 0 Å². The second-order valence-electron chi connectivity index (χ2n) is 4.26. The van der Waals surface area contributed by atoms with Crippen LogP contribution in [0.15, 0.2) is 36.5 Å². The summed E-state index contributed by atoms with van der Waals surface area (Å²) in [6.45, 7) is 1.94. The molecular formula is C14H12ClN3O3. The van der Waals surface area contributed by atoms with Gasteiger partial charge in [-0.05, 0) is 24.1 Å². The second-order valence-corrected chi connectivity index (χ2v) is 4.62. The van der Waals surface area contributed by atoms with Crippen molar-refractivity contribution in [1.82, 2.24) is 4.98 Å². The van der Waals surface area contributed by atoms with Crippen LogP contribution in [0.3, 0.4) is 0 Å². The number of nitrogens with zero attached hydrogens (tertiary/aromatic N) is 2. The van der Waals surface area contributed by atoms with Gasteiger partial charge in [-0.3, -0.25) is 14.9 Å². The molecule has 0 aliphatic heterocycles. The highest BCUT2D eigenvalue weighted by Crippen LogP contribution is 2.23. The Kier molecular flexibility index (Phi) is 4.49. The number of rotatable bonds is 4. The van der Waals surface area contributed by atoms with Gasteiger partial charge in [0.05, 0.1) is 10.6 Å². The number of nitrogens with one attached hydrogen (secondary N) is 1. The summed E-state index contributed by atoms with van der Waals surface area (Å²) in [4.78, 5) is 26.5. The average molecular weight is 306 g/mol. The molecule has 1 N–H and O–H groups in total. The van der Waals surface area contributed by atoms with E-state index in [0.29, 0.717) is 5.69 Å². The predicted molar refractivity (Wildman–Crippen MR) is 79.7 cm³/mol. The van der Waals surface area contributed by atoms with Crippen LogP contribution in [-0.2, 0) is 6.42 Å². The van der Waals surface area contributed by atoms with E-state index < -0.39 is 10.8 Å². The van der Waals surface area contributed by atoms with Gasteiger partial charge in [0.25, 0.3) is 11.6 Å². The number of nitro groups is 1. The third-order valence-electron chi connectivity index (χ3n) is 2.90. The standard InChI is InChI=1S/C14H12ClN3O3/c1-2-9-7-11(13(15)16-8-9)17-14(19)10-5-3-4-6-12(10)18(20)21/h3-8H,2H2,1H3,(H,17,19). The van der Waals surface area contributed by atoms with E-state index in [9.17, 15) is 14.9 Å². The van der Waals surface area contributed by atoms with Crippen molar-refractivity contribution in [1.29, 1.82) is 0 Å². The maximum absolute atomic E-state index is 12.2. The number of hydrogen-bond donors (Lipinski definition) is 1. The Bertz CT molecular complexity index is 704. The highest BCUT2D eigenvalue weighted by molar-refractivity contribution is 6.32. The van der Waals surface area contributed by atoms with E-state index >= 15 is 0 Å². The van der Waals surface area contributed by atoms with Crippen LogP contribution in [0.2, 0.25) is 5.15 Å². The molecule has 0 saturated heterocycles. The molecule has 2 aromatic rings. The highest BCUT2D eigenvalue weighted by Gasteiger charge is 2.20. The highest BCUT2D eigenvalue weighted by atomic mass is 35.5.